The van der Waals surface area contributed by atoms with Gasteiger partial charge >= 0.3 is 17.1 Å². The van der Waals surface area contributed by atoms with Crippen LogP contribution >= 0.6 is 0 Å². The van der Waals surface area contributed by atoms with Gasteiger partial charge in [-0.05, 0) is 0 Å². The molecule has 0 aliphatic heterocycles. The summed E-state index contributed by atoms with van der Waals surface area (Å²) in [7, 11) is 0. The minimum atomic E-state index is -0.757. The summed E-state index contributed by atoms with van der Waals surface area (Å²) in [5, 5.41) is 0. The predicted octanol–water partition coefficient (Wildman–Crippen LogP) is -4.38. The topological polar surface area (TPSA) is 153 Å². The maximum atomic E-state index is 11.8. The van der Waals surface area contributed by atoms with E-state index >= 15 is 0 Å². The van der Waals surface area contributed by atoms with Crippen molar-refractivity contribution in [3.63, 3.8) is 0 Å². The zero-order valence-electron chi connectivity index (χ0n) is 9.10. The van der Waals surface area contributed by atoms with Crippen molar-refractivity contribution in [3.05, 3.63) is 31.5 Å². The molecule has 0 fully saturated rings. The molecule has 0 atom stereocenters. The Balaban J connectivity index is 3.18. The molecule has 10 nitrogen and oxygen atoms in total. The summed E-state index contributed by atoms with van der Waals surface area (Å²) in [4.78, 5) is 36.6. The standard InChI is InChI=1S/C7H15N7O3/c8-10-1-3-13-5(15)12-6(16)14(7(13)17)4-2-11-9/h10-11H,1-4,8-9H2,(H,12,15,16). The number of H-pyrrole nitrogens is 1. The Kier molecular flexibility index (Phi) is 4.78. The zero-order valence-corrected chi connectivity index (χ0v) is 9.10. The SMILES string of the molecule is NNCCn1c(=O)[nH]c(=O)n(CCNN)c1=O. The average molecular weight is 245 g/mol. The predicted molar refractivity (Wildman–Crippen MR) is 60.0 cm³/mol. The van der Waals surface area contributed by atoms with Crippen LogP contribution < -0.4 is 39.6 Å². The first-order valence-electron chi connectivity index (χ1n) is 4.92. The molecule has 10 heteroatoms. The third-order valence-electron chi connectivity index (χ3n) is 2.13. The molecule has 0 aliphatic carbocycles. The van der Waals surface area contributed by atoms with E-state index in [2.05, 4.69) is 10.9 Å². The van der Waals surface area contributed by atoms with Crippen LogP contribution in [0, 0.1) is 0 Å². The quantitative estimate of drug-likeness (QED) is 0.250. The Labute approximate surface area is 95.2 Å². The lowest BCUT2D eigenvalue weighted by atomic mass is 10.6. The van der Waals surface area contributed by atoms with E-state index in [-0.39, 0.29) is 26.2 Å². The first-order valence-corrected chi connectivity index (χ1v) is 4.92. The molecular weight excluding hydrogens is 230 g/mol. The summed E-state index contributed by atoms with van der Waals surface area (Å²) in [6.45, 7) is 0.606. The Morgan fingerprint density at radius 3 is 1.71 bits per heavy atom. The number of hydrogen-bond donors (Lipinski definition) is 5. The van der Waals surface area contributed by atoms with E-state index in [1.54, 1.807) is 0 Å². The van der Waals surface area contributed by atoms with Crippen molar-refractivity contribution < 1.29 is 0 Å². The number of nitrogens with zero attached hydrogens (tertiary/aromatic N) is 2. The molecular formula is C7H15N7O3. The van der Waals surface area contributed by atoms with Gasteiger partial charge in [-0.3, -0.25) is 27.5 Å². The van der Waals surface area contributed by atoms with Gasteiger partial charge in [0.2, 0.25) is 0 Å². The summed E-state index contributed by atoms with van der Waals surface area (Å²) in [5.74, 6) is 10.1. The molecule has 0 amide bonds. The summed E-state index contributed by atoms with van der Waals surface area (Å²) < 4.78 is 1.77. The van der Waals surface area contributed by atoms with Gasteiger partial charge in [-0.15, -0.1) is 0 Å². The number of aromatic nitrogens is 3. The van der Waals surface area contributed by atoms with Gasteiger partial charge in [-0.2, -0.15) is 0 Å². The minimum absolute atomic E-state index is 0.0704. The maximum Gasteiger partial charge on any atom is 0.336 e. The zero-order chi connectivity index (χ0) is 12.8. The van der Waals surface area contributed by atoms with Crippen LogP contribution in [0.2, 0.25) is 0 Å². The van der Waals surface area contributed by atoms with E-state index in [1.165, 1.54) is 0 Å². The van der Waals surface area contributed by atoms with Crippen molar-refractivity contribution >= 4 is 0 Å². The molecule has 0 bridgehead atoms. The molecule has 0 aromatic carbocycles. The fourth-order valence-corrected chi connectivity index (χ4v) is 1.29. The molecule has 96 valence electrons. The number of hydrogen-bond acceptors (Lipinski definition) is 7. The molecule has 0 radical (unpaired) electrons. The second-order valence-corrected chi connectivity index (χ2v) is 3.23. The van der Waals surface area contributed by atoms with Crippen LogP contribution in [0.15, 0.2) is 14.4 Å². The van der Waals surface area contributed by atoms with Crippen LogP contribution in [0.5, 0.6) is 0 Å². The number of aromatic amines is 1. The van der Waals surface area contributed by atoms with Gasteiger partial charge < -0.3 is 0 Å². The van der Waals surface area contributed by atoms with Gasteiger partial charge in [-0.25, -0.2) is 23.5 Å². The van der Waals surface area contributed by atoms with E-state index < -0.39 is 17.1 Å². The second-order valence-electron chi connectivity index (χ2n) is 3.23. The molecule has 17 heavy (non-hydrogen) atoms. The van der Waals surface area contributed by atoms with Crippen LogP contribution in [-0.2, 0) is 13.1 Å². The smallest absolute Gasteiger partial charge is 0.271 e. The number of nitrogens with two attached hydrogens (primary N) is 2. The Morgan fingerprint density at radius 2 is 1.35 bits per heavy atom. The lowest BCUT2D eigenvalue weighted by Crippen LogP contribution is -2.51. The second kappa shape index (κ2) is 6.10. The van der Waals surface area contributed by atoms with Crippen LogP contribution in [0.1, 0.15) is 0 Å². The van der Waals surface area contributed by atoms with Crippen molar-refractivity contribution in [2.24, 2.45) is 11.7 Å². The van der Waals surface area contributed by atoms with Crippen molar-refractivity contribution in [2.75, 3.05) is 13.1 Å². The third-order valence-corrected chi connectivity index (χ3v) is 2.13. The molecule has 1 aromatic heterocycles. The Bertz CT molecular complexity index is 484. The van der Waals surface area contributed by atoms with Gasteiger partial charge in [-0.1, -0.05) is 0 Å². The van der Waals surface area contributed by atoms with Crippen LogP contribution in [0.25, 0.3) is 0 Å². The highest BCUT2D eigenvalue weighted by Crippen LogP contribution is 1.70. The maximum absolute atomic E-state index is 11.8. The summed E-state index contributed by atoms with van der Waals surface area (Å²) in [5.41, 5.74) is 2.43. The number of nitrogens with one attached hydrogen (secondary N) is 3. The van der Waals surface area contributed by atoms with E-state index in [9.17, 15) is 14.4 Å². The molecule has 0 aliphatic rings. The van der Waals surface area contributed by atoms with Gasteiger partial charge in [0.15, 0.2) is 0 Å². The highest BCUT2D eigenvalue weighted by Gasteiger charge is 2.08. The molecule has 1 heterocycles. The van der Waals surface area contributed by atoms with E-state index in [0.717, 1.165) is 9.13 Å². The Morgan fingerprint density at radius 1 is 0.941 bits per heavy atom. The first-order chi connectivity index (χ1) is 8.11. The van der Waals surface area contributed by atoms with E-state index in [4.69, 9.17) is 11.7 Å². The molecule has 1 aromatic rings. The summed E-state index contributed by atoms with van der Waals surface area (Å²) in [6.07, 6.45) is 0. The van der Waals surface area contributed by atoms with Gasteiger partial charge in [0.1, 0.15) is 0 Å². The van der Waals surface area contributed by atoms with Crippen LogP contribution in [0.4, 0.5) is 0 Å². The van der Waals surface area contributed by atoms with E-state index in [1.807, 2.05) is 4.98 Å². The van der Waals surface area contributed by atoms with Crippen LogP contribution in [0.3, 0.4) is 0 Å². The van der Waals surface area contributed by atoms with Crippen LogP contribution in [-0.4, -0.2) is 27.2 Å². The molecule has 7 N–H and O–H groups in total. The molecule has 1 rings (SSSR count). The van der Waals surface area contributed by atoms with Crippen molar-refractivity contribution in [1.29, 1.82) is 0 Å². The number of hydrazine groups is 2. The molecule has 0 saturated heterocycles. The van der Waals surface area contributed by atoms with Crippen molar-refractivity contribution in [3.8, 4) is 0 Å². The highest BCUT2D eigenvalue weighted by molar-refractivity contribution is 4.75. The minimum Gasteiger partial charge on any atom is -0.271 e. The largest absolute Gasteiger partial charge is 0.336 e. The fraction of sp³-hybridized carbons (Fsp3) is 0.571. The van der Waals surface area contributed by atoms with Crippen molar-refractivity contribution in [2.45, 2.75) is 13.1 Å². The lowest BCUT2D eigenvalue weighted by molar-refractivity contribution is 0.485. The molecule has 0 unspecified atom stereocenters. The highest BCUT2D eigenvalue weighted by atomic mass is 16.2. The summed E-state index contributed by atoms with van der Waals surface area (Å²) in [6, 6.07) is 0. The lowest BCUT2D eigenvalue weighted by Gasteiger charge is -2.08. The van der Waals surface area contributed by atoms with Crippen molar-refractivity contribution in [1.82, 2.24) is 25.0 Å². The first kappa shape index (κ1) is 13.3. The van der Waals surface area contributed by atoms with E-state index in [0.29, 0.717) is 0 Å². The third kappa shape index (κ3) is 3.10. The molecule has 0 spiro atoms. The van der Waals surface area contributed by atoms with Gasteiger partial charge in [0, 0.05) is 26.2 Å². The summed E-state index contributed by atoms with van der Waals surface area (Å²) >= 11 is 0. The van der Waals surface area contributed by atoms with Gasteiger partial charge in [0.25, 0.3) is 0 Å². The monoisotopic (exact) mass is 245 g/mol. The number of rotatable bonds is 6. The Hall–Kier alpha value is -1.75. The average Bonchev–Trinajstić information content (AvgIpc) is 2.28. The van der Waals surface area contributed by atoms with Gasteiger partial charge in [0.05, 0.1) is 0 Å². The fourth-order valence-electron chi connectivity index (χ4n) is 1.29. The normalized spacial score (nSPS) is 10.7. The molecule has 0 saturated carbocycles.